The maximum Gasteiger partial charge on any atom is 0.225 e. The molecule has 5 nitrogen and oxygen atoms in total. The highest BCUT2D eigenvalue weighted by molar-refractivity contribution is 5.79. The van der Waals surface area contributed by atoms with E-state index in [-0.39, 0.29) is 17.9 Å². The molecule has 2 unspecified atom stereocenters. The van der Waals surface area contributed by atoms with Gasteiger partial charge in [0, 0.05) is 12.5 Å². The number of hydrogen-bond acceptors (Lipinski definition) is 4. The van der Waals surface area contributed by atoms with E-state index in [1.807, 2.05) is 20.8 Å². The van der Waals surface area contributed by atoms with Crippen LogP contribution in [0.3, 0.4) is 0 Å². The molecule has 0 aliphatic heterocycles. The molecule has 0 fully saturated rings. The average molecular weight is 225 g/mol. The Kier molecular flexibility index (Phi) is 4.49. The molecular formula is C11H19N3O2. The van der Waals surface area contributed by atoms with Gasteiger partial charge in [-0.05, 0) is 20.3 Å². The molecule has 0 saturated carbocycles. The van der Waals surface area contributed by atoms with Gasteiger partial charge in [-0.15, -0.1) is 0 Å². The van der Waals surface area contributed by atoms with Gasteiger partial charge in [0.05, 0.1) is 6.20 Å². The van der Waals surface area contributed by atoms with Crippen LogP contribution in [0.1, 0.15) is 38.0 Å². The van der Waals surface area contributed by atoms with Crippen LogP contribution in [0.4, 0.5) is 0 Å². The largest absolute Gasteiger partial charge is 0.444 e. The Morgan fingerprint density at radius 1 is 1.69 bits per heavy atom. The van der Waals surface area contributed by atoms with E-state index in [4.69, 9.17) is 10.2 Å². The second kappa shape index (κ2) is 5.65. The number of nitrogens with one attached hydrogen (secondary N) is 1. The first-order valence-electron chi connectivity index (χ1n) is 5.51. The molecule has 0 spiro atoms. The minimum Gasteiger partial charge on any atom is -0.444 e. The monoisotopic (exact) mass is 225 g/mol. The van der Waals surface area contributed by atoms with Gasteiger partial charge in [-0.1, -0.05) is 6.92 Å². The lowest BCUT2D eigenvalue weighted by atomic mass is 10.1. The zero-order chi connectivity index (χ0) is 12.1. The van der Waals surface area contributed by atoms with Crippen LogP contribution in [0.15, 0.2) is 10.6 Å². The van der Waals surface area contributed by atoms with Crippen molar-refractivity contribution in [3.05, 3.63) is 17.8 Å². The Morgan fingerprint density at radius 3 is 2.81 bits per heavy atom. The highest BCUT2D eigenvalue weighted by atomic mass is 16.4. The first-order valence-corrected chi connectivity index (χ1v) is 5.51. The van der Waals surface area contributed by atoms with Crippen LogP contribution in [0.2, 0.25) is 0 Å². The molecule has 0 aromatic carbocycles. The van der Waals surface area contributed by atoms with Gasteiger partial charge in [-0.25, -0.2) is 4.98 Å². The molecule has 3 N–H and O–H groups in total. The highest BCUT2D eigenvalue weighted by Crippen LogP contribution is 2.13. The van der Waals surface area contributed by atoms with Gasteiger partial charge in [0.25, 0.3) is 0 Å². The Hall–Kier alpha value is -1.36. The molecule has 1 rings (SSSR count). The summed E-state index contributed by atoms with van der Waals surface area (Å²) < 4.78 is 5.34. The number of aryl methyl sites for hydroxylation is 1. The van der Waals surface area contributed by atoms with Crippen molar-refractivity contribution in [3.8, 4) is 0 Å². The molecule has 2 atom stereocenters. The zero-order valence-corrected chi connectivity index (χ0v) is 9.99. The van der Waals surface area contributed by atoms with Gasteiger partial charge in [-0.3, -0.25) is 4.79 Å². The average Bonchev–Trinajstić information content (AvgIpc) is 2.66. The summed E-state index contributed by atoms with van der Waals surface area (Å²) in [6.45, 7) is 5.96. The second-order valence-corrected chi connectivity index (χ2v) is 3.88. The number of carbonyl (C=O) groups excluding carboxylic acids is 1. The molecule has 1 amide bonds. The van der Waals surface area contributed by atoms with Crippen molar-refractivity contribution in [1.29, 1.82) is 0 Å². The van der Waals surface area contributed by atoms with Gasteiger partial charge in [0.15, 0.2) is 0 Å². The smallest absolute Gasteiger partial charge is 0.225 e. The van der Waals surface area contributed by atoms with E-state index in [2.05, 4.69) is 10.3 Å². The predicted octanol–water partition coefficient (Wildman–Crippen LogP) is 1.15. The third-order valence-corrected chi connectivity index (χ3v) is 2.52. The third kappa shape index (κ3) is 3.06. The summed E-state index contributed by atoms with van der Waals surface area (Å²) in [6, 6.07) is -0.221. The minimum atomic E-state index is -0.221. The maximum absolute atomic E-state index is 11.7. The molecule has 0 saturated heterocycles. The summed E-state index contributed by atoms with van der Waals surface area (Å²) in [7, 11) is 0. The van der Waals surface area contributed by atoms with Crippen LogP contribution < -0.4 is 11.1 Å². The van der Waals surface area contributed by atoms with Crippen LogP contribution in [0.25, 0.3) is 0 Å². The summed E-state index contributed by atoms with van der Waals surface area (Å²) in [5.74, 6) is 1.08. The number of oxazole rings is 1. The van der Waals surface area contributed by atoms with Crippen LogP contribution in [0, 0.1) is 12.8 Å². The lowest BCUT2D eigenvalue weighted by molar-refractivity contribution is -0.125. The molecule has 1 heterocycles. The molecular weight excluding hydrogens is 206 g/mol. The number of rotatable bonds is 5. The van der Waals surface area contributed by atoms with Crippen molar-refractivity contribution in [2.24, 2.45) is 11.7 Å². The Balaban J connectivity index is 2.57. The van der Waals surface area contributed by atoms with Crippen molar-refractivity contribution in [1.82, 2.24) is 10.3 Å². The third-order valence-electron chi connectivity index (χ3n) is 2.52. The summed E-state index contributed by atoms with van der Waals surface area (Å²) >= 11 is 0. The number of nitrogens with two attached hydrogens (primary N) is 1. The number of amides is 1. The fourth-order valence-corrected chi connectivity index (χ4v) is 1.42. The summed E-state index contributed by atoms with van der Waals surface area (Å²) in [6.07, 6.45) is 2.37. The highest BCUT2D eigenvalue weighted by Gasteiger charge is 2.19. The summed E-state index contributed by atoms with van der Waals surface area (Å²) in [5, 5.41) is 2.84. The topological polar surface area (TPSA) is 81.2 Å². The number of hydrogen-bond donors (Lipinski definition) is 2. The van der Waals surface area contributed by atoms with E-state index in [0.717, 1.165) is 12.2 Å². The van der Waals surface area contributed by atoms with Crippen molar-refractivity contribution in [2.75, 3.05) is 6.54 Å². The number of nitrogens with zero attached hydrogens (tertiary/aromatic N) is 1. The Bertz CT molecular complexity index is 345. The van der Waals surface area contributed by atoms with Crippen molar-refractivity contribution >= 4 is 5.91 Å². The Morgan fingerprint density at radius 2 is 2.38 bits per heavy atom. The quantitative estimate of drug-likeness (QED) is 0.787. The van der Waals surface area contributed by atoms with Crippen LogP contribution >= 0.6 is 0 Å². The minimum absolute atomic E-state index is 0.0478. The lowest BCUT2D eigenvalue weighted by Crippen LogP contribution is -2.36. The van der Waals surface area contributed by atoms with Gasteiger partial charge >= 0.3 is 0 Å². The molecule has 5 heteroatoms. The molecule has 1 aromatic heterocycles. The van der Waals surface area contributed by atoms with Crippen LogP contribution in [-0.4, -0.2) is 17.4 Å². The zero-order valence-electron chi connectivity index (χ0n) is 9.99. The van der Waals surface area contributed by atoms with E-state index >= 15 is 0 Å². The van der Waals surface area contributed by atoms with Crippen LogP contribution in [-0.2, 0) is 4.79 Å². The number of aromatic nitrogens is 1. The normalized spacial score (nSPS) is 14.5. The van der Waals surface area contributed by atoms with E-state index in [0.29, 0.717) is 12.4 Å². The van der Waals surface area contributed by atoms with Crippen molar-refractivity contribution < 1.29 is 9.21 Å². The predicted molar refractivity (Wildman–Crippen MR) is 60.6 cm³/mol. The fourth-order valence-electron chi connectivity index (χ4n) is 1.42. The maximum atomic E-state index is 11.7. The first kappa shape index (κ1) is 12.7. The van der Waals surface area contributed by atoms with Gasteiger partial charge in [-0.2, -0.15) is 0 Å². The molecule has 16 heavy (non-hydrogen) atoms. The standard InChI is InChI=1S/C11H19N3O2/c1-4-9(5-12)10(15)14-8(3)11-13-6-7(2)16-11/h6,8-9H,4-5,12H2,1-3H3,(H,14,15). The SMILES string of the molecule is CCC(CN)C(=O)NC(C)c1ncc(C)o1. The summed E-state index contributed by atoms with van der Waals surface area (Å²) in [4.78, 5) is 15.8. The van der Waals surface area contributed by atoms with Crippen molar-refractivity contribution in [3.63, 3.8) is 0 Å². The molecule has 0 radical (unpaired) electrons. The second-order valence-electron chi connectivity index (χ2n) is 3.88. The van der Waals surface area contributed by atoms with Gasteiger partial charge in [0.2, 0.25) is 11.8 Å². The molecule has 1 aromatic rings. The Labute approximate surface area is 95.4 Å². The van der Waals surface area contributed by atoms with Gasteiger partial charge < -0.3 is 15.5 Å². The van der Waals surface area contributed by atoms with Crippen molar-refractivity contribution in [2.45, 2.75) is 33.2 Å². The fraction of sp³-hybridized carbons (Fsp3) is 0.636. The molecule has 0 bridgehead atoms. The van der Waals surface area contributed by atoms with Gasteiger partial charge in [0.1, 0.15) is 11.8 Å². The first-order chi connectivity index (χ1) is 7.58. The van der Waals surface area contributed by atoms with Crippen LogP contribution in [0.5, 0.6) is 0 Å². The number of carbonyl (C=O) groups is 1. The molecule has 0 aliphatic rings. The van der Waals surface area contributed by atoms with E-state index in [9.17, 15) is 4.79 Å². The molecule has 0 aliphatic carbocycles. The van der Waals surface area contributed by atoms with E-state index in [1.165, 1.54) is 0 Å². The molecule has 90 valence electrons. The summed E-state index contributed by atoms with van der Waals surface area (Å²) in [5.41, 5.74) is 5.50. The van der Waals surface area contributed by atoms with E-state index < -0.39 is 0 Å². The lowest BCUT2D eigenvalue weighted by Gasteiger charge is -2.15. The van der Waals surface area contributed by atoms with E-state index in [1.54, 1.807) is 6.20 Å².